The first-order valence-corrected chi connectivity index (χ1v) is 10.9. The Balaban J connectivity index is 1.43. The van der Waals surface area contributed by atoms with E-state index in [9.17, 15) is 14.4 Å². The maximum atomic E-state index is 12.7. The van der Waals surface area contributed by atoms with Crippen LogP contribution in [0.3, 0.4) is 0 Å². The fourth-order valence-electron chi connectivity index (χ4n) is 4.79. The molecular weight excluding hydrogens is 342 g/mol. The Bertz CT molecular complexity index is 531. The molecule has 0 radical (unpaired) electrons. The SMILES string of the molecule is CC(NC(=O)C1CCCCC1)C(=O)N1CCN(C(=O)C2CCCCC2)CC1. The molecule has 3 amide bonds. The molecule has 0 aromatic carbocycles. The minimum Gasteiger partial charge on any atom is -0.344 e. The number of amides is 3. The van der Waals surface area contributed by atoms with Gasteiger partial charge in [-0.1, -0.05) is 38.5 Å². The van der Waals surface area contributed by atoms with Gasteiger partial charge in [0.05, 0.1) is 0 Å². The maximum Gasteiger partial charge on any atom is 0.244 e. The molecule has 1 saturated heterocycles. The van der Waals surface area contributed by atoms with Crippen molar-refractivity contribution in [3.63, 3.8) is 0 Å². The van der Waals surface area contributed by atoms with Gasteiger partial charge in [0.2, 0.25) is 17.7 Å². The molecule has 0 aromatic heterocycles. The highest BCUT2D eigenvalue weighted by atomic mass is 16.2. The molecule has 3 aliphatic rings. The Morgan fingerprint density at radius 1 is 0.741 bits per heavy atom. The van der Waals surface area contributed by atoms with Crippen molar-refractivity contribution in [1.29, 1.82) is 0 Å². The highest BCUT2D eigenvalue weighted by molar-refractivity contribution is 5.88. The molecular formula is C21H35N3O3. The average Bonchev–Trinajstić information content (AvgIpc) is 2.74. The molecule has 2 saturated carbocycles. The summed E-state index contributed by atoms with van der Waals surface area (Å²) in [5.74, 6) is 0.541. The van der Waals surface area contributed by atoms with E-state index in [-0.39, 0.29) is 29.6 Å². The summed E-state index contributed by atoms with van der Waals surface area (Å²) in [6, 6.07) is -0.486. The lowest BCUT2D eigenvalue weighted by atomic mass is 9.88. The zero-order chi connectivity index (χ0) is 19.2. The van der Waals surface area contributed by atoms with Crippen LogP contribution in [-0.4, -0.2) is 59.7 Å². The van der Waals surface area contributed by atoms with E-state index in [0.29, 0.717) is 26.2 Å². The normalized spacial score (nSPS) is 23.7. The van der Waals surface area contributed by atoms with Crippen molar-refractivity contribution in [3.05, 3.63) is 0 Å². The van der Waals surface area contributed by atoms with Crippen LogP contribution in [-0.2, 0) is 14.4 Å². The highest BCUT2D eigenvalue weighted by Crippen LogP contribution is 2.26. The maximum absolute atomic E-state index is 12.7. The van der Waals surface area contributed by atoms with Crippen LogP contribution in [0.2, 0.25) is 0 Å². The van der Waals surface area contributed by atoms with Crippen molar-refractivity contribution in [3.8, 4) is 0 Å². The van der Waals surface area contributed by atoms with E-state index < -0.39 is 6.04 Å². The molecule has 152 valence electrons. The second-order valence-corrected chi connectivity index (χ2v) is 8.55. The lowest BCUT2D eigenvalue weighted by Gasteiger charge is -2.38. The molecule has 6 nitrogen and oxygen atoms in total. The third kappa shape index (κ3) is 5.23. The number of carbonyl (C=O) groups excluding carboxylic acids is 3. The monoisotopic (exact) mass is 377 g/mol. The second-order valence-electron chi connectivity index (χ2n) is 8.55. The molecule has 1 unspecified atom stereocenters. The van der Waals surface area contributed by atoms with Gasteiger partial charge in [-0.15, -0.1) is 0 Å². The number of piperazine rings is 1. The number of carbonyl (C=O) groups is 3. The molecule has 1 N–H and O–H groups in total. The summed E-state index contributed by atoms with van der Waals surface area (Å²) in [5.41, 5.74) is 0. The Morgan fingerprint density at radius 3 is 1.78 bits per heavy atom. The lowest BCUT2D eigenvalue weighted by Crippen LogP contribution is -2.56. The first kappa shape index (κ1) is 20.2. The molecule has 3 rings (SSSR count). The van der Waals surface area contributed by atoms with E-state index in [1.54, 1.807) is 11.8 Å². The first-order chi connectivity index (χ1) is 13.1. The minimum atomic E-state index is -0.486. The molecule has 1 heterocycles. The standard InChI is InChI=1S/C21H35N3O3/c1-16(22-19(25)17-8-4-2-5-9-17)20(26)23-12-14-24(15-13-23)21(27)18-10-6-3-7-11-18/h16-18H,2-15H2,1H3,(H,22,25). The minimum absolute atomic E-state index is 0.0241. The molecule has 6 heteroatoms. The Labute approximate surface area is 163 Å². The summed E-state index contributed by atoms with van der Waals surface area (Å²) in [4.78, 5) is 41.5. The molecule has 0 aromatic rings. The third-order valence-corrected chi connectivity index (χ3v) is 6.56. The van der Waals surface area contributed by atoms with Gasteiger partial charge < -0.3 is 15.1 Å². The summed E-state index contributed by atoms with van der Waals surface area (Å²) < 4.78 is 0. The summed E-state index contributed by atoms with van der Waals surface area (Å²) in [5, 5.41) is 2.92. The molecule has 0 spiro atoms. The van der Waals surface area contributed by atoms with E-state index in [1.807, 2.05) is 4.90 Å². The van der Waals surface area contributed by atoms with Crippen LogP contribution >= 0.6 is 0 Å². The van der Waals surface area contributed by atoms with E-state index in [4.69, 9.17) is 0 Å². The van der Waals surface area contributed by atoms with Gasteiger partial charge in [0, 0.05) is 38.0 Å². The zero-order valence-electron chi connectivity index (χ0n) is 16.8. The second kappa shape index (κ2) is 9.56. The number of nitrogens with one attached hydrogen (secondary N) is 1. The van der Waals surface area contributed by atoms with Crippen LogP contribution in [0.4, 0.5) is 0 Å². The van der Waals surface area contributed by atoms with E-state index in [2.05, 4.69) is 5.32 Å². The lowest BCUT2D eigenvalue weighted by molar-refractivity contribution is -0.144. The molecule has 0 bridgehead atoms. The Hall–Kier alpha value is -1.59. The Morgan fingerprint density at radius 2 is 1.22 bits per heavy atom. The van der Waals surface area contributed by atoms with Crippen LogP contribution in [0.25, 0.3) is 0 Å². The van der Waals surface area contributed by atoms with Crippen molar-refractivity contribution < 1.29 is 14.4 Å². The van der Waals surface area contributed by atoms with Crippen molar-refractivity contribution in [1.82, 2.24) is 15.1 Å². The predicted octanol–water partition coefficient (Wildman–Crippen LogP) is 2.32. The fraction of sp³-hybridized carbons (Fsp3) is 0.857. The average molecular weight is 378 g/mol. The number of rotatable bonds is 4. The summed E-state index contributed by atoms with van der Waals surface area (Å²) >= 11 is 0. The van der Waals surface area contributed by atoms with Crippen molar-refractivity contribution in [2.45, 2.75) is 77.2 Å². The van der Waals surface area contributed by atoms with Gasteiger partial charge in [-0.25, -0.2) is 0 Å². The van der Waals surface area contributed by atoms with Crippen LogP contribution in [0.5, 0.6) is 0 Å². The summed E-state index contributed by atoms with van der Waals surface area (Å²) in [6.07, 6.45) is 10.9. The summed E-state index contributed by atoms with van der Waals surface area (Å²) in [6.45, 7) is 4.15. The van der Waals surface area contributed by atoms with Gasteiger partial charge in [-0.05, 0) is 32.6 Å². The topological polar surface area (TPSA) is 69.7 Å². The zero-order valence-corrected chi connectivity index (χ0v) is 16.8. The van der Waals surface area contributed by atoms with Crippen LogP contribution in [0.1, 0.15) is 71.1 Å². The fourth-order valence-corrected chi connectivity index (χ4v) is 4.79. The van der Waals surface area contributed by atoms with Crippen molar-refractivity contribution >= 4 is 17.7 Å². The molecule has 1 atom stereocenters. The third-order valence-electron chi connectivity index (χ3n) is 6.56. The van der Waals surface area contributed by atoms with Gasteiger partial charge in [0.25, 0.3) is 0 Å². The van der Waals surface area contributed by atoms with Crippen LogP contribution < -0.4 is 5.32 Å². The van der Waals surface area contributed by atoms with Gasteiger partial charge in [0.15, 0.2) is 0 Å². The summed E-state index contributed by atoms with van der Waals surface area (Å²) in [7, 11) is 0. The van der Waals surface area contributed by atoms with Gasteiger partial charge in [-0.3, -0.25) is 14.4 Å². The van der Waals surface area contributed by atoms with Gasteiger partial charge in [0.1, 0.15) is 6.04 Å². The Kier molecular flexibility index (Phi) is 7.13. The van der Waals surface area contributed by atoms with Crippen LogP contribution in [0, 0.1) is 11.8 Å². The quantitative estimate of drug-likeness (QED) is 0.817. The molecule has 2 aliphatic carbocycles. The molecule has 27 heavy (non-hydrogen) atoms. The number of hydrogen-bond acceptors (Lipinski definition) is 3. The van der Waals surface area contributed by atoms with Crippen molar-refractivity contribution in [2.24, 2.45) is 11.8 Å². The molecule has 3 fully saturated rings. The highest BCUT2D eigenvalue weighted by Gasteiger charge is 2.32. The van der Waals surface area contributed by atoms with Gasteiger partial charge in [-0.2, -0.15) is 0 Å². The largest absolute Gasteiger partial charge is 0.344 e. The first-order valence-electron chi connectivity index (χ1n) is 10.9. The molecule has 1 aliphatic heterocycles. The van der Waals surface area contributed by atoms with Crippen LogP contribution in [0.15, 0.2) is 0 Å². The van der Waals surface area contributed by atoms with E-state index >= 15 is 0 Å². The smallest absolute Gasteiger partial charge is 0.244 e. The van der Waals surface area contributed by atoms with Crippen molar-refractivity contribution in [2.75, 3.05) is 26.2 Å². The predicted molar refractivity (Wildman–Crippen MR) is 104 cm³/mol. The number of nitrogens with zero attached hydrogens (tertiary/aromatic N) is 2. The van der Waals surface area contributed by atoms with E-state index in [1.165, 1.54) is 12.8 Å². The van der Waals surface area contributed by atoms with E-state index in [0.717, 1.165) is 51.4 Å². The number of hydrogen-bond donors (Lipinski definition) is 1. The van der Waals surface area contributed by atoms with Gasteiger partial charge >= 0.3 is 0 Å².